The standard InChI is InChI=1S/C20H20N2OS/c23-20(17-13-24-18-9-2-1-8-16(17)18)22-12-10-15-6-3-5-14-7-4-11-21-19(14)15/h3-7,11,13H,1-2,8-10,12H2,(H,22,23). The van der Waals surface area contributed by atoms with Crippen LogP contribution in [0.25, 0.3) is 10.9 Å². The Morgan fingerprint density at radius 3 is 3.00 bits per heavy atom. The number of carbonyl (C=O) groups excluding carboxylic acids is 1. The van der Waals surface area contributed by atoms with Gasteiger partial charge in [-0.1, -0.05) is 24.3 Å². The topological polar surface area (TPSA) is 42.0 Å². The van der Waals surface area contributed by atoms with Gasteiger partial charge in [-0.3, -0.25) is 9.78 Å². The first-order valence-corrected chi connectivity index (χ1v) is 9.41. The van der Waals surface area contributed by atoms with Gasteiger partial charge in [-0.25, -0.2) is 0 Å². The lowest BCUT2D eigenvalue weighted by molar-refractivity contribution is 0.0953. The van der Waals surface area contributed by atoms with Crippen LogP contribution >= 0.6 is 11.3 Å². The summed E-state index contributed by atoms with van der Waals surface area (Å²) >= 11 is 1.74. The molecule has 0 spiro atoms. The number of para-hydroxylation sites is 1. The van der Waals surface area contributed by atoms with Crippen molar-refractivity contribution in [2.75, 3.05) is 6.54 Å². The van der Waals surface area contributed by atoms with Gasteiger partial charge in [0.25, 0.3) is 5.91 Å². The van der Waals surface area contributed by atoms with Gasteiger partial charge in [0.15, 0.2) is 0 Å². The molecule has 1 N–H and O–H groups in total. The fraction of sp³-hybridized carbons (Fsp3) is 0.300. The summed E-state index contributed by atoms with van der Waals surface area (Å²) in [5.74, 6) is 0.0718. The molecule has 2 heterocycles. The van der Waals surface area contributed by atoms with Crippen LogP contribution in [0, 0.1) is 0 Å². The van der Waals surface area contributed by atoms with Crippen LogP contribution in [0.1, 0.15) is 39.2 Å². The average Bonchev–Trinajstić information content (AvgIpc) is 3.06. The summed E-state index contributed by atoms with van der Waals surface area (Å²) in [5, 5.41) is 6.27. The third-order valence-corrected chi connectivity index (χ3v) is 5.79. The van der Waals surface area contributed by atoms with E-state index in [1.54, 1.807) is 11.3 Å². The minimum Gasteiger partial charge on any atom is -0.352 e. The third kappa shape index (κ3) is 2.94. The number of aromatic nitrogens is 1. The first kappa shape index (κ1) is 15.3. The zero-order valence-electron chi connectivity index (χ0n) is 13.5. The van der Waals surface area contributed by atoms with Crippen LogP contribution in [0.5, 0.6) is 0 Å². The van der Waals surface area contributed by atoms with E-state index in [1.165, 1.54) is 28.8 Å². The van der Waals surface area contributed by atoms with Crippen LogP contribution in [0.4, 0.5) is 0 Å². The van der Waals surface area contributed by atoms with E-state index in [0.717, 1.165) is 35.7 Å². The number of hydrogen-bond donors (Lipinski definition) is 1. The summed E-state index contributed by atoms with van der Waals surface area (Å²) in [4.78, 5) is 18.4. The van der Waals surface area contributed by atoms with Crippen LogP contribution in [-0.2, 0) is 19.3 Å². The van der Waals surface area contributed by atoms with Crippen molar-refractivity contribution in [3.05, 3.63) is 63.5 Å². The Hall–Kier alpha value is -2.20. The Balaban J connectivity index is 1.44. The van der Waals surface area contributed by atoms with Gasteiger partial charge in [-0.2, -0.15) is 0 Å². The van der Waals surface area contributed by atoms with Crippen molar-refractivity contribution in [3.8, 4) is 0 Å². The molecule has 0 radical (unpaired) electrons. The smallest absolute Gasteiger partial charge is 0.252 e. The van der Waals surface area contributed by atoms with Crippen molar-refractivity contribution in [2.24, 2.45) is 0 Å². The maximum atomic E-state index is 12.5. The van der Waals surface area contributed by atoms with E-state index in [0.29, 0.717) is 6.54 Å². The number of rotatable bonds is 4. The molecule has 4 rings (SSSR count). The van der Waals surface area contributed by atoms with Gasteiger partial charge in [0.1, 0.15) is 0 Å². The van der Waals surface area contributed by atoms with Crippen LogP contribution < -0.4 is 5.32 Å². The molecule has 0 atom stereocenters. The van der Waals surface area contributed by atoms with Gasteiger partial charge in [-0.05, 0) is 49.3 Å². The lowest BCUT2D eigenvalue weighted by Gasteiger charge is -2.13. The summed E-state index contributed by atoms with van der Waals surface area (Å²) in [6.45, 7) is 0.638. The molecule has 3 aromatic rings. The highest BCUT2D eigenvalue weighted by Gasteiger charge is 2.19. The molecule has 0 fully saturated rings. The molecule has 1 amide bonds. The van der Waals surface area contributed by atoms with Crippen molar-refractivity contribution in [1.29, 1.82) is 0 Å². The summed E-state index contributed by atoms with van der Waals surface area (Å²) in [6, 6.07) is 10.2. The van der Waals surface area contributed by atoms with Crippen molar-refractivity contribution in [2.45, 2.75) is 32.1 Å². The van der Waals surface area contributed by atoms with E-state index in [1.807, 2.05) is 17.6 Å². The van der Waals surface area contributed by atoms with Gasteiger partial charge < -0.3 is 5.32 Å². The Labute approximate surface area is 145 Å². The fourth-order valence-corrected chi connectivity index (χ4v) is 4.59. The van der Waals surface area contributed by atoms with Crippen LogP contribution in [0.3, 0.4) is 0 Å². The molecular weight excluding hydrogens is 316 g/mol. The van der Waals surface area contributed by atoms with Gasteiger partial charge in [0.05, 0.1) is 11.1 Å². The molecule has 122 valence electrons. The predicted octanol–water partition coefficient (Wildman–Crippen LogP) is 4.15. The SMILES string of the molecule is O=C(NCCc1cccc2cccnc12)c1csc2c1CCCC2. The number of pyridine rings is 1. The maximum absolute atomic E-state index is 12.5. The Bertz CT molecular complexity index is 879. The zero-order chi connectivity index (χ0) is 16.4. The highest BCUT2D eigenvalue weighted by atomic mass is 32.1. The number of nitrogens with one attached hydrogen (secondary N) is 1. The summed E-state index contributed by atoms with van der Waals surface area (Å²) in [5.41, 5.74) is 4.39. The maximum Gasteiger partial charge on any atom is 0.252 e. The molecule has 1 aromatic carbocycles. The van der Waals surface area contributed by atoms with Crippen molar-refractivity contribution < 1.29 is 4.79 Å². The lowest BCUT2D eigenvalue weighted by atomic mass is 9.95. The van der Waals surface area contributed by atoms with E-state index in [2.05, 4.69) is 34.6 Å². The minimum atomic E-state index is 0.0718. The Morgan fingerprint density at radius 2 is 2.04 bits per heavy atom. The molecule has 3 nitrogen and oxygen atoms in total. The quantitative estimate of drug-likeness (QED) is 0.778. The number of carbonyl (C=O) groups is 1. The molecule has 0 saturated carbocycles. The van der Waals surface area contributed by atoms with Crippen molar-refractivity contribution in [1.82, 2.24) is 10.3 Å². The minimum absolute atomic E-state index is 0.0718. The lowest BCUT2D eigenvalue weighted by Crippen LogP contribution is -2.26. The van der Waals surface area contributed by atoms with Gasteiger partial charge >= 0.3 is 0 Å². The number of amides is 1. The highest BCUT2D eigenvalue weighted by molar-refractivity contribution is 7.10. The highest BCUT2D eigenvalue weighted by Crippen LogP contribution is 2.30. The number of hydrogen-bond acceptors (Lipinski definition) is 3. The van der Waals surface area contributed by atoms with E-state index < -0.39 is 0 Å². The number of aryl methyl sites for hydroxylation is 1. The van der Waals surface area contributed by atoms with E-state index in [4.69, 9.17) is 0 Å². The number of benzene rings is 1. The van der Waals surface area contributed by atoms with Gasteiger partial charge in [-0.15, -0.1) is 11.3 Å². The first-order chi connectivity index (χ1) is 11.8. The van der Waals surface area contributed by atoms with E-state index >= 15 is 0 Å². The molecule has 0 saturated heterocycles. The molecular formula is C20H20N2OS. The predicted molar refractivity (Wildman–Crippen MR) is 98.7 cm³/mol. The van der Waals surface area contributed by atoms with Crippen LogP contribution in [0.15, 0.2) is 41.9 Å². The molecule has 0 aliphatic heterocycles. The third-order valence-electron chi connectivity index (χ3n) is 4.70. The van der Waals surface area contributed by atoms with Gasteiger partial charge in [0, 0.05) is 28.4 Å². The van der Waals surface area contributed by atoms with Crippen LogP contribution in [-0.4, -0.2) is 17.4 Å². The number of thiophene rings is 1. The summed E-state index contributed by atoms with van der Waals surface area (Å²) in [7, 11) is 0. The van der Waals surface area contributed by atoms with E-state index in [-0.39, 0.29) is 5.91 Å². The molecule has 4 heteroatoms. The second-order valence-electron chi connectivity index (χ2n) is 6.26. The summed E-state index contributed by atoms with van der Waals surface area (Å²) < 4.78 is 0. The normalized spacial score (nSPS) is 13.7. The summed E-state index contributed by atoms with van der Waals surface area (Å²) in [6.07, 6.45) is 7.26. The molecule has 2 aromatic heterocycles. The average molecular weight is 336 g/mol. The Kier molecular flexibility index (Phi) is 4.30. The molecule has 24 heavy (non-hydrogen) atoms. The second kappa shape index (κ2) is 6.73. The second-order valence-corrected chi connectivity index (χ2v) is 7.22. The number of fused-ring (bicyclic) bond motifs is 2. The first-order valence-electron chi connectivity index (χ1n) is 8.53. The molecule has 1 aliphatic carbocycles. The van der Waals surface area contributed by atoms with Crippen molar-refractivity contribution >= 4 is 28.1 Å². The Morgan fingerprint density at radius 1 is 1.17 bits per heavy atom. The largest absolute Gasteiger partial charge is 0.352 e. The zero-order valence-corrected chi connectivity index (χ0v) is 14.4. The molecule has 0 unspecified atom stereocenters. The van der Waals surface area contributed by atoms with Crippen LogP contribution in [0.2, 0.25) is 0 Å². The van der Waals surface area contributed by atoms with Crippen molar-refractivity contribution in [3.63, 3.8) is 0 Å². The van der Waals surface area contributed by atoms with E-state index in [9.17, 15) is 4.79 Å². The fourth-order valence-electron chi connectivity index (χ4n) is 3.46. The molecule has 0 bridgehead atoms. The molecule has 1 aliphatic rings. The monoisotopic (exact) mass is 336 g/mol. The number of nitrogens with zero attached hydrogens (tertiary/aromatic N) is 1. The van der Waals surface area contributed by atoms with Gasteiger partial charge in [0.2, 0.25) is 0 Å².